The van der Waals surface area contributed by atoms with Crippen molar-refractivity contribution >= 4 is 19.8 Å². The minimum Gasteiger partial charge on any atom is -0.462 e. The van der Waals surface area contributed by atoms with Gasteiger partial charge in [-0.25, -0.2) is 4.57 Å². The molecule has 0 aliphatic rings. The first-order valence-corrected chi connectivity index (χ1v) is 25.9. The van der Waals surface area contributed by atoms with Gasteiger partial charge in [0.15, 0.2) is 6.10 Å². The van der Waals surface area contributed by atoms with Gasteiger partial charge in [0.2, 0.25) is 0 Å². The maximum absolute atomic E-state index is 12.6. The van der Waals surface area contributed by atoms with Crippen LogP contribution in [0.4, 0.5) is 0 Å². The zero-order chi connectivity index (χ0) is 44.0. The molecule has 0 aliphatic carbocycles. The van der Waals surface area contributed by atoms with E-state index in [0.717, 1.165) is 64.2 Å². The molecule has 0 saturated carbocycles. The highest BCUT2D eigenvalue weighted by Crippen LogP contribution is 2.43. The summed E-state index contributed by atoms with van der Waals surface area (Å²) in [6, 6.07) is 0. The number of allylic oxidation sites excluding steroid dienone is 6. The molecule has 0 fully saturated rings. The zero-order valence-electron chi connectivity index (χ0n) is 38.4. The number of esters is 2. The molecule has 0 aromatic heterocycles. The Hall–Kier alpha value is -1.81. The number of unbranched alkanes of at least 4 members (excludes halogenated alkanes) is 26. The highest BCUT2D eigenvalue weighted by atomic mass is 31.2. The van der Waals surface area contributed by atoms with E-state index in [4.69, 9.17) is 23.6 Å². The maximum atomic E-state index is 12.6. The van der Waals surface area contributed by atoms with Crippen molar-refractivity contribution in [2.45, 2.75) is 238 Å². The molecular weight excluding hydrogens is 780 g/mol. The van der Waals surface area contributed by atoms with Crippen LogP contribution in [0, 0.1) is 0 Å². The summed E-state index contributed by atoms with van der Waals surface area (Å²) in [5.74, 6) is -0.936. The number of rotatable bonds is 46. The Morgan fingerprint density at radius 2 is 0.883 bits per heavy atom. The fourth-order valence-electron chi connectivity index (χ4n) is 6.71. The molecule has 352 valence electrons. The fourth-order valence-corrected chi connectivity index (χ4v) is 7.50. The lowest BCUT2D eigenvalue weighted by atomic mass is 10.0. The van der Waals surface area contributed by atoms with Gasteiger partial charge in [-0.3, -0.25) is 18.6 Å². The Morgan fingerprint density at radius 3 is 1.35 bits per heavy atom. The van der Waals surface area contributed by atoms with Crippen molar-refractivity contribution in [2.75, 3.05) is 26.4 Å². The summed E-state index contributed by atoms with van der Waals surface area (Å²) in [6.07, 6.45) is 48.3. The molecule has 3 N–H and O–H groups in total. The molecule has 3 unspecified atom stereocenters. The molecule has 0 aromatic carbocycles. The molecular formula is C49H91O10P. The zero-order valence-corrected chi connectivity index (χ0v) is 39.3. The van der Waals surface area contributed by atoms with Gasteiger partial charge in [0.25, 0.3) is 0 Å². The molecule has 0 aromatic rings. The average Bonchev–Trinajstić information content (AvgIpc) is 3.24. The minimum atomic E-state index is -4.62. The number of hydrogen-bond acceptors (Lipinski definition) is 9. The van der Waals surface area contributed by atoms with E-state index in [0.29, 0.717) is 12.8 Å². The minimum absolute atomic E-state index is 0.169. The Kier molecular flexibility index (Phi) is 43.9. The summed E-state index contributed by atoms with van der Waals surface area (Å²) in [5.41, 5.74) is 0. The highest BCUT2D eigenvalue weighted by molar-refractivity contribution is 7.47. The Morgan fingerprint density at radius 1 is 0.500 bits per heavy atom. The molecule has 0 heterocycles. The molecule has 60 heavy (non-hydrogen) atoms. The SMILES string of the molecule is CCCC/C=C\C/C=C\CCCCCCCC(=O)OC(COC(=O)CCCCCCCCCCCCC/C=C\CCCCCCCCCC)COP(=O)(O)OCC(O)CO. The predicted octanol–water partition coefficient (Wildman–Crippen LogP) is 13.5. The van der Waals surface area contributed by atoms with Gasteiger partial charge in [-0.2, -0.15) is 0 Å². The number of carbonyl (C=O) groups excluding carboxylic acids is 2. The molecule has 11 heteroatoms. The summed E-state index contributed by atoms with van der Waals surface area (Å²) in [4.78, 5) is 35.1. The largest absolute Gasteiger partial charge is 0.472 e. The van der Waals surface area contributed by atoms with E-state index in [9.17, 15) is 24.2 Å². The second-order valence-electron chi connectivity index (χ2n) is 16.5. The van der Waals surface area contributed by atoms with Crippen LogP contribution in [0.1, 0.15) is 226 Å². The van der Waals surface area contributed by atoms with Crippen LogP contribution >= 0.6 is 7.82 Å². The molecule has 0 spiro atoms. The maximum Gasteiger partial charge on any atom is 0.472 e. The monoisotopic (exact) mass is 871 g/mol. The normalized spacial score (nSPS) is 14.0. The fraction of sp³-hybridized carbons (Fsp3) is 0.837. The van der Waals surface area contributed by atoms with Gasteiger partial charge in [-0.1, -0.05) is 185 Å². The number of phosphoric acid groups is 1. The standard InChI is InChI=1S/C49H91O10P/c1-3-5-7-9-11-13-15-17-19-20-21-22-23-24-25-26-27-29-30-32-34-36-38-40-48(52)56-44-47(45-58-60(54,55)57-43-46(51)42-50)59-49(53)41-39-37-35-33-31-28-18-16-14-12-10-8-6-4-2/h10,12,16,18,20-21,46-47,50-51H,3-9,11,13-15,17,19,22-45H2,1-2H3,(H,54,55)/b12-10-,18-16-,21-20-. The van der Waals surface area contributed by atoms with E-state index in [1.807, 2.05) is 0 Å². The van der Waals surface area contributed by atoms with Gasteiger partial charge in [0.05, 0.1) is 19.8 Å². The molecule has 0 bridgehead atoms. The van der Waals surface area contributed by atoms with E-state index in [1.54, 1.807) is 0 Å². The van der Waals surface area contributed by atoms with E-state index in [2.05, 4.69) is 50.3 Å². The third-order valence-corrected chi connectivity index (χ3v) is 11.5. The highest BCUT2D eigenvalue weighted by Gasteiger charge is 2.27. The third-order valence-electron chi connectivity index (χ3n) is 10.5. The number of carbonyl (C=O) groups is 2. The Labute approximate surface area is 367 Å². The van der Waals surface area contributed by atoms with Gasteiger partial charge in [0, 0.05) is 12.8 Å². The summed E-state index contributed by atoms with van der Waals surface area (Å²) in [5, 5.41) is 18.4. The van der Waals surface area contributed by atoms with Gasteiger partial charge in [-0.15, -0.1) is 0 Å². The molecule has 0 rings (SSSR count). The van der Waals surface area contributed by atoms with E-state index < -0.39 is 51.8 Å². The summed E-state index contributed by atoms with van der Waals surface area (Å²) < 4.78 is 32.8. The van der Waals surface area contributed by atoms with E-state index in [-0.39, 0.29) is 19.4 Å². The van der Waals surface area contributed by atoms with E-state index >= 15 is 0 Å². The van der Waals surface area contributed by atoms with Crippen LogP contribution in [0.15, 0.2) is 36.5 Å². The first-order chi connectivity index (χ1) is 29.2. The van der Waals surface area contributed by atoms with Crippen molar-refractivity contribution in [1.82, 2.24) is 0 Å². The van der Waals surface area contributed by atoms with Crippen LogP contribution in [0.3, 0.4) is 0 Å². The lowest BCUT2D eigenvalue weighted by Crippen LogP contribution is -2.29. The summed E-state index contributed by atoms with van der Waals surface area (Å²) >= 11 is 0. The van der Waals surface area contributed by atoms with Crippen molar-refractivity contribution in [2.24, 2.45) is 0 Å². The second kappa shape index (κ2) is 45.2. The van der Waals surface area contributed by atoms with Crippen molar-refractivity contribution in [3.63, 3.8) is 0 Å². The van der Waals surface area contributed by atoms with Crippen molar-refractivity contribution in [1.29, 1.82) is 0 Å². The van der Waals surface area contributed by atoms with Crippen LogP contribution in [-0.4, -0.2) is 65.7 Å². The van der Waals surface area contributed by atoms with Crippen molar-refractivity contribution in [3.05, 3.63) is 36.5 Å². The Bertz CT molecular complexity index is 1090. The number of phosphoric ester groups is 1. The number of aliphatic hydroxyl groups is 2. The summed E-state index contributed by atoms with van der Waals surface area (Å²) in [7, 11) is -4.62. The lowest BCUT2D eigenvalue weighted by molar-refractivity contribution is -0.161. The van der Waals surface area contributed by atoms with Crippen molar-refractivity contribution < 1.29 is 47.8 Å². The van der Waals surface area contributed by atoms with Crippen LogP contribution < -0.4 is 0 Å². The van der Waals surface area contributed by atoms with Crippen LogP contribution in [0.2, 0.25) is 0 Å². The van der Waals surface area contributed by atoms with Gasteiger partial charge in [-0.05, 0) is 64.2 Å². The topological polar surface area (TPSA) is 149 Å². The first-order valence-electron chi connectivity index (χ1n) is 24.4. The summed E-state index contributed by atoms with van der Waals surface area (Å²) in [6.45, 7) is 2.35. The molecule has 3 atom stereocenters. The Balaban J connectivity index is 4.15. The molecule has 0 saturated heterocycles. The van der Waals surface area contributed by atoms with Gasteiger partial charge in [0.1, 0.15) is 12.7 Å². The number of ether oxygens (including phenoxy) is 2. The van der Waals surface area contributed by atoms with Gasteiger partial charge >= 0.3 is 19.8 Å². The second-order valence-corrected chi connectivity index (χ2v) is 17.9. The quantitative estimate of drug-likeness (QED) is 0.0234. The van der Waals surface area contributed by atoms with Crippen LogP contribution in [0.25, 0.3) is 0 Å². The third kappa shape index (κ3) is 44.3. The molecule has 0 aliphatic heterocycles. The number of aliphatic hydroxyl groups excluding tert-OH is 2. The first kappa shape index (κ1) is 58.2. The van der Waals surface area contributed by atoms with Crippen molar-refractivity contribution in [3.8, 4) is 0 Å². The lowest BCUT2D eigenvalue weighted by Gasteiger charge is -2.20. The van der Waals surface area contributed by atoms with Gasteiger partial charge < -0.3 is 24.6 Å². The molecule has 10 nitrogen and oxygen atoms in total. The average molecular weight is 871 g/mol. The molecule has 0 amide bonds. The smallest absolute Gasteiger partial charge is 0.462 e. The van der Waals surface area contributed by atoms with Crippen LogP contribution in [0.5, 0.6) is 0 Å². The molecule has 0 radical (unpaired) electrons. The predicted molar refractivity (Wildman–Crippen MR) is 247 cm³/mol. The number of hydrogen-bond donors (Lipinski definition) is 3. The van der Waals surface area contributed by atoms with Crippen LogP contribution in [-0.2, 0) is 32.7 Å². The van der Waals surface area contributed by atoms with E-state index in [1.165, 1.54) is 122 Å².